The van der Waals surface area contributed by atoms with E-state index in [2.05, 4.69) is 31.9 Å². The number of hydrogen-bond acceptors (Lipinski definition) is 0. The van der Waals surface area contributed by atoms with Crippen LogP contribution in [0.2, 0.25) is 0 Å². The molecular weight excluding hydrogens is 342 g/mol. The molecule has 0 saturated carbocycles. The summed E-state index contributed by atoms with van der Waals surface area (Å²) >= 11 is 6.54. The van der Waals surface area contributed by atoms with Crippen LogP contribution in [0, 0.1) is 11.6 Å². The zero-order valence-electron chi connectivity index (χ0n) is 7.98. The van der Waals surface area contributed by atoms with Crippen molar-refractivity contribution in [3.05, 3.63) is 57.0 Å². The van der Waals surface area contributed by atoms with E-state index in [-0.39, 0.29) is 5.82 Å². The number of halogens is 4. The number of hydrogen-bond donors (Lipinski definition) is 0. The smallest absolute Gasteiger partial charge is 0.132 e. The maximum Gasteiger partial charge on any atom is 0.132 e. The minimum atomic E-state index is -0.395. The van der Waals surface area contributed by atoms with Gasteiger partial charge in [0.15, 0.2) is 0 Å². The van der Waals surface area contributed by atoms with Crippen molar-refractivity contribution in [2.24, 2.45) is 0 Å². The molecule has 2 rings (SSSR count). The highest BCUT2D eigenvalue weighted by Gasteiger charge is 2.12. The lowest BCUT2D eigenvalue weighted by Gasteiger charge is -2.08. The lowest BCUT2D eigenvalue weighted by molar-refractivity contribution is 0.624. The molecule has 0 aromatic heterocycles. The highest BCUT2D eigenvalue weighted by atomic mass is 79.9. The summed E-state index contributed by atoms with van der Waals surface area (Å²) in [7, 11) is 0. The molecule has 2 aromatic carbocycles. The predicted molar refractivity (Wildman–Crippen MR) is 67.2 cm³/mol. The molecule has 0 atom stereocenters. The largest absolute Gasteiger partial charge is 0.207 e. The maximum atomic E-state index is 13.7. The third-order valence-corrected chi connectivity index (χ3v) is 3.51. The molecule has 0 nitrogen and oxygen atoms in total. The molecule has 4 heteroatoms. The molecule has 2 aromatic rings. The van der Waals surface area contributed by atoms with Crippen molar-refractivity contribution in [2.45, 2.75) is 0 Å². The molecular formula is C12H6Br2F2. The van der Waals surface area contributed by atoms with Gasteiger partial charge in [0.1, 0.15) is 11.6 Å². The first-order valence-electron chi connectivity index (χ1n) is 4.49. The molecule has 0 N–H and O–H groups in total. The minimum Gasteiger partial charge on any atom is -0.207 e. The Morgan fingerprint density at radius 1 is 0.875 bits per heavy atom. The summed E-state index contributed by atoms with van der Waals surface area (Å²) in [6, 6.07) is 8.84. The Balaban J connectivity index is 2.72. The second-order valence-electron chi connectivity index (χ2n) is 3.22. The van der Waals surface area contributed by atoms with Crippen LogP contribution in [0.15, 0.2) is 45.3 Å². The van der Waals surface area contributed by atoms with Gasteiger partial charge < -0.3 is 0 Å². The number of rotatable bonds is 1. The van der Waals surface area contributed by atoms with Gasteiger partial charge in [0.05, 0.1) is 0 Å². The van der Waals surface area contributed by atoms with Crippen LogP contribution in [0.25, 0.3) is 11.1 Å². The standard InChI is InChI=1S/C12H6Br2F2/c13-9-5-4-7(15)6-8(9)12-10(14)2-1-3-11(12)16/h1-6H. The molecule has 0 saturated heterocycles. The summed E-state index contributed by atoms with van der Waals surface area (Å²) in [5.41, 5.74) is 0.846. The predicted octanol–water partition coefficient (Wildman–Crippen LogP) is 5.16. The molecule has 0 aliphatic rings. The molecule has 0 aliphatic heterocycles. The molecule has 16 heavy (non-hydrogen) atoms. The van der Waals surface area contributed by atoms with Crippen molar-refractivity contribution >= 4 is 31.9 Å². The van der Waals surface area contributed by atoms with Crippen LogP contribution in [0.5, 0.6) is 0 Å². The quantitative estimate of drug-likeness (QED) is 0.668. The van der Waals surface area contributed by atoms with Crippen molar-refractivity contribution in [3.63, 3.8) is 0 Å². The van der Waals surface area contributed by atoms with Crippen LogP contribution in [0.4, 0.5) is 8.78 Å². The van der Waals surface area contributed by atoms with Gasteiger partial charge in [-0.1, -0.05) is 37.9 Å². The van der Waals surface area contributed by atoms with E-state index in [9.17, 15) is 8.78 Å². The van der Waals surface area contributed by atoms with Crippen molar-refractivity contribution in [1.29, 1.82) is 0 Å². The highest BCUT2D eigenvalue weighted by Crippen LogP contribution is 2.35. The molecule has 0 bridgehead atoms. The zero-order chi connectivity index (χ0) is 11.7. The van der Waals surface area contributed by atoms with E-state index in [0.29, 0.717) is 20.1 Å². The molecule has 0 aliphatic carbocycles. The van der Waals surface area contributed by atoms with Gasteiger partial charge in [-0.2, -0.15) is 0 Å². The Morgan fingerprint density at radius 2 is 1.62 bits per heavy atom. The molecule has 0 fully saturated rings. The summed E-state index contributed by atoms with van der Waals surface area (Å²) < 4.78 is 28.1. The summed E-state index contributed by atoms with van der Waals surface area (Å²) in [6.45, 7) is 0. The molecule has 0 unspecified atom stereocenters. The van der Waals surface area contributed by atoms with E-state index in [4.69, 9.17) is 0 Å². The molecule has 0 amide bonds. The van der Waals surface area contributed by atoms with Crippen LogP contribution in [-0.2, 0) is 0 Å². The highest BCUT2D eigenvalue weighted by molar-refractivity contribution is 9.11. The van der Waals surface area contributed by atoms with Gasteiger partial charge >= 0.3 is 0 Å². The fraction of sp³-hybridized carbons (Fsp3) is 0. The first-order chi connectivity index (χ1) is 7.59. The fourth-order valence-electron chi connectivity index (χ4n) is 1.44. The molecule has 0 spiro atoms. The van der Waals surface area contributed by atoms with Gasteiger partial charge in [-0.05, 0) is 30.3 Å². The van der Waals surface area contributed by atoms with Crippen LogP contribution >= 0.6 is 31.9 Å². The molecule has 0 radical (unpaired) electrons. The summed E-state index contributed by atoms with van der Waals surface area (Å²) in [6.07, 6.45) is 0. The summed E-state index contributed by atoms with van der Waals surface area (Å²) in [4.78, 5) is 0. The topological polar surface area (TPSA) is 0 Å². The summed E-state index contributed by atoms with van der Waals surface area (Å²) in [5, 5.41) is 0. The van der Waals surface area contributed by atoms with Gasteiger partial charge in [-0.3, -0.25) is 0 Å². The SMILES string of the molecule is Fc1ccc(Br)c(-c2c(F)cccc2Br)c1. The number of benzene rings is 2. The van der Waals surface area contributed by atoms with Gasteiger partial charge in [-0.15, -0.1) is 0 Å². The normalized spacial score (nSPS) is 10.5. The maximum absolute atomic E-state index is 13.7. The van der Waals surface area contributed by atoms with Crippen molar-refractivity contribution in [2.75, 3.05) is 0 Å². The van der Waals surface area contributed by atoms with Crippen LogP contribution in [-0.4, -0.2) is 0 Å². The second kappa shape index (κ2) is 4.63. The Labute approximate surface area is 109 Å². The third-order valence-electron chi connectivity index (χ3n) is 2.16. The molecule has 0 heterocycles. The minimum absolute atomic E-state index is 0.355. The van der Waals surface area contributed by atoms with Crippen molar-refractivity contribution in [3.8, 4) is 11.1 Å². The van der Waals surface area contributed by atoms with Crippen LogP contribution < -0.4 is 0 Å². The lowest BCUT2D eigenvalue weighted by atomic mass is 10.1. The van der Waals surface area contributed by atoms with Crippen LogP contribution in [0.1, 0.15) is 0 Å². The van der Waals surface area contributed by atoms with Crippen LogP contribution in [0.3, 0.4) is 0 Å². The Kier molecular flexibility index (Phi) is 3.40. The van der Waals surface area contributed by atoms with E-state index >= 15 is 0 Å². The van der Waals surface area contributed by atoms with E-state index < -0.39 is 5.82 Å². The first kappa shape index (κ1) is 11.7. The van der Waals surface area contributed by atoms with E-state index in [1.165, 1.54) is 18.2 Å². The van der Waals surface area contributed by atoms with Gasteiger partial charge in [0, 0.05) is 20.1 Å². The second-order valence-corrected chi connectivity index (χ2v) is 4.93. The lowest BCUT2D eigenvalue weighted by Crippen LogP contribution is -1.88. The van der Waals surface area contributed by atoms with E-state index in [0.717, 1.165) is 0 Å². The van der Waals surface area contributed by atoms with Crippen molar-refractivity contribution in [1.82, 2.24) is 0 Å². The van der Waals surface area contributed by atoms with Crippen molar-refractivity contribution < 1.29 is 8.78 Å². The molecule has 82 valence electrons. The zero-order valence-corrected chi connectivity index (χ0v) is 11.1. The Morgan fingerprint density at radius 3 is 2.31 bits per heavy atom. The van der Waals surface area contributed by atoms with E-state index in [1.54, 1.807) is 18.2 Å². The Bertz CT molecular complexity index is 518. The fourth-order valence-corrected chi connectivity index (χ4v) is 2.44. The first-order valence-corrected chi connectivity index (χ1v) is 6.07. The van der Waals surface area contributed by atoms with E-state index in [1.807, 2.05) is 0 Å². The third kappa shape index (κ3) is 2.18. The summed E-state index contributed by atoms with van der Waals surface area (Å²) in [5.74, 6) is -0.783. The van der Waals surface area contributed by atoms with Gasteiger partial charge in [-0.25, -0.2) is 8.78 Å². The average molecular weight is 348 g/mol. The van der Waals surface area contributed by atoms with Gasteiger partial charge in [0.2, 0.25) is 0 Å². The average Bonchev–Trinajstić information content (AvgIpc) is 2.23. The Hall–Kier alpha value is -0.740. The monoisotopic (exact) mass is 346 g/mol. The van der Waals surface area contributed by atoms with Gasteiger partial charge in [0.25, 0.3) is 0 Å².